The standard InChI is InChI=1S/C17H13BrFN3O/c1-22-16(15(18)10-20-22)21-17(23)13-4-2-11(3-5-13)12-6-8-14(19)9-7-12/h2-10H,1H3,(H,21,23). The number of nitrogens with one attached hydrogen (secondary N) is 1. The van der Waals surface area contributed by atoms with Crippen molar-refractivity contribution in [3.63, 3.8) is 0 Å². The second-order valence-electron chi connectivity index (χ2n) is 5.00. The van der Waals surface area contributed by atoms with Crippen molar-refractivity contribution in [2.45, 2.75) is 0 Å². The summed E-state index contributed by atoms with van der Waals surface area (Å²) >= 11 is 3.34. The summed E-state index contributed by atoms with van der Waals surface area (Å²) in [6, 6.07) is 13.4. The van der Waals surface area contributed by atoms with Crippen molar-refractivity contribution in [1.82, 2.24) is 9.78 Å². The van der Waals surface area contributed by atoms with E-state index >= 15 is 0 Å². The van der Waals surface area contributed by atoms with Gasteiger partial charge in [-0.15, -0.1) is 0 Å². The van der Waals surface area contributed by atoms with E-state index in [-0.39, 0.29) is 11.7 Å². The lowest BCUT2D eigenvalue weighted by molar-refractivity contribution is 0.102. The molecule has 0 fully saturated rings. The Labute approximate surface area is 141 Å². The summed E-state index contributed by atoms with van der Waals surface area (Å²) in [5.74, 6) is 0.101. The lowest BCUT2D eigenvalue weighted by Gasteiger charge is -2.07. The van der Waals surface area contributed by atoms with E-state index in [1.807, 2.05) is 12.1 Å². The molecule has 116 valence electrons. The third kappa shape index (κ3) is 3.32. The van der Waals surface area contributed by atoms with E-state index in [0.29, 0.717) is 11.4 Å². The molecular formula is C17H13BrFN3O. The monoisotopic (exact) mass is 373 g/mol. The molecule has 1 heterocycles. The highest BCUT2D eigenvalue weighted by Crippen LogP contribution is 2.23. The van der Waals surface area contributed by atoms with Crippen molar-refractivity contribution in [3.05, 3.63) is 70.6 Å². The number of aryl methyl sites for hydroxylation is 1. The Balaban J connectivity index is 1.79. The Morgan fingerprint density at radius 2 is 1.65 bits per heavy atom. The Hall–Kier alpha value is -2.47. The van der Waals surface area contributed by atoms with Gasteiger partial charge in [-0.25, -0.2) is 4.39 Å². The first-order valence-electron chi connectivity index (χ1n) is 6.89. The summed E-state index contributed by atoms with van der Waals surface area (Å²) < 4.78 is 15.3. The zero-order valence-electron chi connectivity index (χ0n) is 12.3. The van der Waals surface area contributed by atoms with Crippen LogP contribution in [0.25, 0.3) is 11.1 Å². The molecule has 2 aromatic carbocycles. The van der Waals surface area contributed by atoms with Gasteiger partial charge in [-0.2, -0.15) is 5.10 Å². The Bertz CT molecular complexity index is 822. The van der Waals surface area contributed by atoms with Crippen molar-refractivity contribution in [2.24, 2.45) is 7.05 Å². The maximum Gasteiger partial charge on any atom is 0.256 e. The van der Waals surface area contributed by atoms with E-state index in [9.17, 15) is 9.18 Å². The molecule has 1 amide bonds. The van der Waals surface area contributed by atoms with Crippen molar-refractivity contribution >= 4 is 27.7 Å². The molecule has 0 atom stereocenters. The van der Waals surface area contributed by atoms with Crippen LogP contribution in [-0.4, -0.2) is 15.7 Å². The second kappa shape index (κ2) is 6.34. The van der Waals surface area contributed by atoms with Gasteiger partial charge in [0.05, 0.1) is 10.7 Å². The van der Waals surface area contributed by atoms with Crippen molar-refractivity contribution in [1.29, 1.82) is 0 Å². The number of hydrogen-bond acceptors (Lipinski definition) is 2. The summed E-state index contributed by atoms with van der Waals surface area (Å²) in [6.45, 7) is 0. The number of halogens is 2. The number of aromatic nitrogens is 2. The number of carbonyl (C=O) groups excluding carboxylic acids is 1. The van der Waals surface area contributed by atoms with Crippen LogP contribution in [0.4, 0.5) is 10.2 Å². The summed E-state index contributed by atoms with van der Waals surface area (Å²) in [6.07, 6.45) is 1.62. The van der Waals surface area contributed by atoms with Gasteiger partial charge in [-0.1, -0.05) is 24.3 Å². The molecule has 4 nitrogen and oxygen atoms in total. The van der Waals surface area contributed by atoms with Crippen LogP contribution in [0.5, 0.6) is 0 Å². The molecule has 0 aliphatic rings. The van der Waals surface area contributed by atoms with Gasteiger partial charge in [0.25, 0.3) is 5.91 Å². The van der Waals surface area contributed by atoms with E-state index in [2.05, 4.69) is 26.3 Å². The average molecular weight is 374 g/mol. The van der Waals surface area contributed by atoms with Crippen LogP contribution in [0.15, 0.2) is 59.2 Å². The summed E-state index contributed by atoms with van der Waals surface area (Å²) in [7, 11) is 1.75. The maximum absolute atomic E-state index is 13.0. The second-order valence-corrected chi connectivity index (χ2v) is 5.86. The third-order valence-corrected chi connectivity index (χ3v) is 4.03. The fraction of sp³-hybridized carbons (Fsp3) is 0.0588. The number of anilines is 1. The van der Waals surface area contributed by atoms with Gasteiger partial charge in [0, 0.05) is 12.6 Å². The Kier molecular flexibility index (Phi) is 4.25. The van der Waals surface area contributed by atoms with Crippen molar-refractivity contribution in [2.75, 3.05) is 5.32 Å². The van der Waals surface area contributed by atoms with Gasteiger partial charge in [-0.05, 0) is 51.3 Å². The van der Waals surface area contributed by atoms with Gasteiger partial charge in [0.15, 0.2) is 0 Å². The number of carbonyl (C=O) groups is 1. The topological polar surface area (TPSA) is 46.9 Å². The van der Waals surface area contributed by atoms with Crippen LogP contribution in [0.1, 0.15) is 10.4 Å². The molecule has 0 bridgehead atoms. The average Bonchev–Trinajstić information content (AvgIpc) is 2.87. The van der Waals surface area contributed by atoms with Gasteiger partial charge in [-0.3, -0.25) is 9.48 Å². The van der Waals surface area contributed by atoms with Crippen LogP contribution in [0.2, 0.25) is 0 Å². The fourth-order valence-corrected chi connectivity index (χ4v) is 2.63. The highest BCUT2D eigenvalue weighted by atomic mass is 79.9. The highest BCUT2D eigenvalue weighted by molar-refractivity contribution is 9.10. The quantitative estimate of drug-likeness (QED) is 0.746. The molecule has 1 aromatic heterocycles. The Morgan fingerprint density at radius 1 is 1.09 bits per heavy atom. The normalized spacial score (nSPS) is 10.6. The van der Waals surface area contributed by atoms with Gasteiger partial charge < -0.3 is 5.32 Å². The lowest BCUT2D eigenvalue weighted by Crippen LogP contribution is -2.14. The number of nitrogens with zero attached hydrogens (tertiary/aromatic N) is 2. The third-order valence-electron chi connectivity index (χ3n) is 3.45. The SMILES string of the molecule is Cn1ncc(Br)c1NC(=O)c1ccc(-c2ccc(F)cc2)cc1. The molecule has 0 unspecified atom stereocenters. The Morgan fingerprint density at radius 3 is 2.17 bits per heavy atom. The minimum Gasteiger partial charge on any atom is -0.306 e. The zero-order chi connectivity index (χ0) is 16.4. The summed E-state index contributed by atoms with van der Waals surface area (Å²) in [5, 5.41) is 6.85. The molecule has 0 aliphatic heterocycles. The molecule has 23 heavy (non-hydrogen) atoms. The first-order chi connectivity index (χ1) is 11.0. The minimum atomic E-state index is -0.272. The van der Waals surface area contributed by atoms with E-state index in [1.165, 1.54) is 12.1 Å². The molecule has 0 saturated heterocycles. The van der Waals surface area contributed by atoms with Gasteiger partial charge >= 0.3 is 0 Å². The highest BCUT2D eigenvalue weighted by Gasteiger charge is 2.12. The fourth-order valence-electron chi connectivity index (χ4n) is 2.19. The minimum absolute atomic E-state index is 0.222. The van der Waals surface area contributed by atoms with Gasteiger partial charge in [0.2, 0.25) is 0 Å². The maximum atomic E-state index is 13.0. The first kappa shape index (κ1) is 15.4. The van der Waals surface area contributed by atoms with E-state index in [1.54, 1.807) is 42.2 Å². The van der Waals surface area contributed by atoms with Gasteiger partial charge in [0.1, 0.15) is 11.6 Å². The molecule has 6 heteroatoms. The largest absolute Gasteiger partial charge is 0.306 e. The molecule has 0 spiro atoms. The molecular weight excluding hydrogens is 361 g/mol. The van der Waals surface area contributed by atoms with Crippen LogP contribution < -0.4 is 5.32 Å². The predicted molar refractivity (Wildman–Crippen MR) is 90.7 cm³/mol. The summed E-state index contributed by atoms with van der Waals surface area (Å²) in [5.41, 5.74) is 2.35. The number of benzene rings is 2. The molecule has 0 radical (unpaired) electrons. The van der Waals surface area contributed by atoms with Crippen LogP contribution >= 0.6 is 15.9 Å². The molecule has 3 rings (SSSR count). The van der Waals surface area contributed by atoms with Crippen LogP contribution in [-0.2, 0) is 7.05 Å². The van der Waals surface area contributed by atoms with Crippen molar-refractivity contribution < 1.29 is 9.18 Å². The summed E-state index contributed by atoms with van der Waals surface area (Å²) in [4.78, 5) is 12.3. The molecule has 0 saturated carbocycles. The number of rotatable bonds is 3. The van der Waals surface area contributed by atoms with E-state index in [4.69, 9.17) is 0 Å². The number of amides is 1. The predicted octanol–water partition coefficient (Wildman–Crippen LogP) is 4.24. The molecule has 0 aliphatic carbocycles. The van der Waals surface area contributed by atoms with E-state index < -0.39 is 0 Å². The van der Waals surface area contributed by atoms with Crippen LogP contribution in [0.3, 0.4) is 0 Å². The number of hydrogen-bond donors (Lipinski definition) is 1. The first-order valence-corrected chi connectivity index (χ1v) is 7.69. The lowest BCUT2D eigenvalue weighted by atomic mass is 10.0. The van der Waals surface area contributed by atoms with E-state index in [0.717, 1.165) is 15.6 Å². The molecule has 1 N–H and O–H groups in total. The smallest absolute Gasteiger partial charge is 0.256 e. The molecule has 3 aromatic rings. The van der Waals surface area contributed by atoms with Crippen LogP contribution in [0, 0.1) is 5.82 Å². The van der Waals surface area contributed by atoms with Crippen molar-refractivity contribution in [3.8, 4) is 11.1 Å². The zero-order valence-corrected chi connectivity index (χ0v) is 13.8.